The molecule has 32 heavy (non-hydrogen) atoms. The zero-order valence-corrected chi connectivity index (χ0v) is 19.1. The lowest BCUT2D eigenvalue weighted by atomic mass is 9.75. The van der Waals surface area contributed by atoms with Gasteiger partial charge in [0.05, 0.1) is 17.9 Å². The third kappa shape index (κ3) is 4.72. The SMILES string of the molecule is CCc1ccc(C(=O)OCCCc2nn(CC)c3c2CC2(CCOCC2)CNC3=O)cc1. The van der Waals surface area contributed by atoms with Gasteiger partial charge in [-0.1, -0.05) is 19.1 Å². The van der Waals surface area contributed by atoms with Gasteiger partial charge in [-0.05, 0) is 68.6 Å². The number of rotatable bonds is 7. The van der Waals surface area contributed by atoms with Gasteiger partial charge in [-0.2, -0.15) is 5.10 Å². The zero-order chi connectivity index (χ0) is 22.6. The van der Waals surface area contributed by atoms with Crippen LogP contribution >= 0.6 is 0 Å². The highest BCUT2D eigenvalue weighted by Crippen LogP contribution is 2.37. The van der Waals surface area contributed by atoms with Crippen molar-refractivity contribution in [2.24, 2.45) is 5.41 Å². The van der Waals surface area contributed by atoms with Crippen molar-refractivity contribution in [3.05, 3.63) is 52.3 Å². The van der Waals surface area contributed by atoms with Crippen molar-refractivity contribution in [1.29, 1.82) is 0 Å². The van der Waals surface area contributed by atoms with Crippen molar-refractivity contribution >= 4 is 11.9 Å². The molecule has 4 rings (SSSR count). The number of carbonyl (C=O) groups is 2. The average molecular weight is 440 g/mol. The highest BCUT2D eigenvalue weighted by molar-refractivity contribution is 5.94. The number of nitrogens with zero attached hydrogens (tertiary/aromatic N) is 2. The number of carbonyl (C=O) groups excluding carboxylic acids is 2. The van der Waals surface area contributed by atoms with Crippen LogP contribution in [0.5, 0.6) is 0 Å². The van der Waals surface area contributed by atoms with Crippen LogP contribution in [0.25, 0.3) is 0 Å². The van der Waals surface area contributed by atoms with Crippen LogP contribution in [0.4, 0.5) is 0 Å². The Hall–Kier alpha value is -2.67. The van der Waals surface area contributed by atoms with Gasteiger partial charge in [0, 0.05) is 31.9 Å². The van der Waals surface area contributed by atoms with Gasteiger partial charge in [0.1, 0.15) is 5.69 Å². The van der Waals surface area contributed by atoms with E-state index in [4.69, 9.17) is 14.6 Å². The van der Waals surface area contributed by atoms with Gasteiger partial charge in [0.15, 0.2) is 0 Å². The lowest BCUT2D eigenvalue weighted by molar-refractivity contribution is 0.0160. The van der Waals surface area contributed by atoms with Crippen molar-refractivity contribution in [1.82, 2.24) is 15.1 Å². The standard InChI is InChI=1S/C25H33N3O4/c1-3-18-7-9-19(10-8-18)24(30)32-13-5-6-21-20-16-25(11-14-31-15-12-25)17-26-23(29)22(20)28(4-2)27-21/h7-10H,3-6,11-17H2,1-2H3,(H,26,29). The molecule has 2 aromatic rings. The summed E-state index contributed by atoms with van der Waals surface area (Å²) in [7, 11) is 0. The van der Waals surface area contributed by atoms with E-state index in [1.54, 1.807) is 0 Å². The molecule has 0 unspecified atom stereocenters. The predicted octanol–water partition coefficient (Wildman–Crippen LogP) is 3.34. The molecule has 0 saturated carbocycles. The number of hydrogen-bond acceptors (Lipinski definition) is 5. The molecular weight excluding hydrogens is 406 g/mol. The maximum Gasteiger partial charge on any atom is 0.338 e. The normalized spacial score (nSPS) is 17.5. The van der Waals surface area contributed by atoms with E-state index in [0.717, 1.165) is 50.2 Å². The quantitative estimate of drug-likeness (QED) is 0.529. The van der Waals surface area contributed by atoms with Gasteiger partial charge in [-0.3, -0.25) is 9.48 Å². The van der Waals surface area contributed by atoms with E-state index < -0.39 is 0 Å². The summed E-state index contributed by atoms with van der Waals surface area (Å²) >= 11 is 0. The molecule has 1 fully saturated rings. The van der Waals surface area contributed by atoms with E-state index in [9.17, 15) is 9.59 Å². The fourth-order valence-electron chi connectivity index (χ4n) is 4.73. The molecular formula is C25H33N3O4. The van der Waals surface area contributed by atoms with Crippen LogP contribution in [0, 0.1) is 5.41 Å². The Bertz CT molecular complexity index is 958. The molecule has 0 aliphatic carbocycles. The topological polar surface area (TPSA) is 82.4 Å². The maximum atomic E-state index is 12.9. The Balaban J connectivity index is 1.42. The first-order valence-electron chi connectivity index (χ1n) is 11.8. The van der Waals surface area contributed by atoms with Crippen molar-refractivity contribution in [2.75, 3.05) is 26.4 Å². The number of benzene rings is 1. The molecule has 0 radical (unpaired) electrons. The van der Waals surface area contributed by atoms with E-state index in [1.165, 1.54) is 5.56 Å². The summed E-state index contributed by atoms with van der Waals surface area (Å²) < 4.78 is 12.9. The summed E-state index contributed by atoms with van der Waals surface area (Å²) in [5.74, 6) is -0.336. The Morgan fingerprint density at radius 2 is 1.97 bits per heavy atom. The number of amides is 1. The lowest BCUT2D eigenvalue weighted by Gasteiger charge is -2.36. The predicted molar refractivity (Wildman–Crippen MR) is 121 cm³/mol. The Labute approximate surface area is 189 Å². The third-order valence-electron chi connectivity index (χ3n) is 6.77. The van der Waals surface area contributed by atoms with Crippen molar-refractivity contribution in [3.8, 4) is 0 Å². The zero-order valence-electron chi connectivity index (χ0n) is 19.1. The average Bonchev–Trinajstić information content (AvgIpc) is 3.10. The smallest absolute Gasteiger partial charge is 0.338 e. The highest BCUT2D eigenvalue weighted by atomic mass is 16.5. The number of hydrogen-bond donors (Lipinski definition) is 1. The number of ether oxygens (including phenoxy) is 2. The molecule has 172 valence electrons. The highest BCUT2D eigenvalue weighted by Gasteiger charge is 2.39. The number of aromatic nitrogens is 2. The first-order valence-corrected chi connectivity index (χ1v) is 11.8. The maximum absolute atomic E-state index is 12.9. The Morgan fingerprint density at radius 3 is 2.66 bits per heavy atom. The fraction of sp³-hybridized carbons (Fsp3) is 0.560. The molecule has 1 N–H and O–H groups in total. The van der Waals surface area contributed by atoms with Crippen LogP contribution in [0.2, 0.25) is 0 Å². The lowest BCUT2D eigenvalue weighted by Crippen LogP contribution is -2.40. The largest absolute Gasteiger partial charge is 0.462 e. The molecule has 1 aromatic carbocycles. The summed E-state index contributed by atoms with van der Waals surface area (Å²) in [6.07, 6.45) is 5.01. The van der Waals surface area contributed by atoms with E-state index in [2.05, 4.69) is 12.2 Å². The molecule has 3 heterocycles. The summed E-state index contributed by atoms with van der Waals surface area (Å²) in [5.41, 5.74) is 4.51. The van der Waals surface area contributed by atoms with Crippen LogP contribution in [0.15, 0.2) is 24.3 Å². The van der Waals surface area contributed by atoms with Crippen molar-refractivity contribution < 1.29 is 19.1 Å². The van der Waals surface area contributed by atoms with E-state index in [1.807, 2.05) is 35.9 Å². The molecule has 1 amide bonds. The third-order valence-corrected chi connectivity index (χ3v) is 6.77. The minimum absolute atomic E-state index is 0.0344. The van der Waals surface area contributed by atoms with Gasteiger partial charge in [0.25, 0.3) is 5.91 Å². The summed E-state index contributed by atoms with van der Waals surface area (Å²) in [4.78, 5) is 25.2. The Kier molecular flexibility index (Phi) is 6.94. The molecule has 7 nitrogen and oxygen atoms in total. The molecule has 1 aromatic heterocycles. The van der Waals surface area contributed by atoms with Crippen molar-refractivity contribution in [2.45, 2.75) is 58.9 Å². The molecule has 7 heteroatoms. The second-order valence-corrected chi connectivity index (χ2v) is 8.85. The molecule has 1 spiro atoms. The van der Waals surface area contributed by atoms with Crippen LogP contribution < -0.4 is 5.32 Å². The summed E-state index contributed by atoms with van der Waals surface area (Å²) in [5, 5.41) is 7.89. The van der Waals surface area contributed by atoms with E-state index >= 15 is 0 Å². The molecule has 2 aliphatic rings. The minimum atomic E-state index is -0.300. The number of esters is 1. The second-order valence-electron chi connectivity index (χ2n) is 8.85. The number of nitrogens with one attached hydrogen (secondary N) is 1. The summed E-state index contributed by atoms with van der Waals surface area (Å²) in [6.45, 7) is 7.21. The molecule has 0 bridgehead atoms. The van der Waals surface area contributed by atoms with E-state index in [0.29, 0.717) is 43.8 Å². The minimum Gasteiger partial charge on any atom is -0.462 e. The monoisotopic (exact) mass is 439 g/mol. The summed E-state index contributed by atoms with van der Waals surface area (Å²) in [6, 6.07) is 7.55. The van der Waals surface area contributed by atoms with E-state index in [-0.39, 0.29) is 17.3 Å². The van der Waals surface area contributed by atoms with Crippen LogP contribution in [0.1, 0.15) is 70.8 Å². The van der Waals surface area contributed by atoms with Gasteiger partial charge >= 0.3 is 5.97 Å². The van der Waals surface area contributed by atoms with Crippen LogP contribution in [-0.4, -0.2) is 48.0 Å². The Morgan fingerprint density at radius 1 is 1.22 bits per heavy atom. The first kappa shape index (κ1) is 22.5. The van der Waals surface area contributed by atoms with Crippen LogP contribution in [-0.2, 0) is 35.3 Å². The number of aryl methyl sites for hydroxylation is 3. The molecule has 2 aliphatic heterocycles. The second kappa shape index (κ2) is 9.86. The fourth-order valence-corrected chi connectivity index (χ4v) is 4.73. The number of fused-ring (bicyclic) bond motifs is 1. The van der Waals surface area contributed by atoms with Gasteiger partial charge < -0.3 is 14.8 Å². The van der Waals surface area contributed by atoms with Crippen molar-refractivity contribution in [3.63, 3.8) is 0 Å². The molecule has 1 saturated heterocycles. The van der Waals surface area contributed by atoms with Crippen LogP contribution in [0.3, 0.4) is 0 Å². The van der Waals surface area contributed by atoms with Gasteiger partial charge in [-0.25, -0.2) is 4.79 Å². The van der Waals surface area contributed by atoms with Gasteiger partial charge in [-0.15, -0.1) is 0 Å². The first-order chi connectivity index (χ1) is 15.5. The molecule has 0 atom stereocenters. The van der Waals surface area contributed by atoms with Gasteiger partial charge in [0.2, 0.25) is 0 Å².